The number of methoxy groups -OCH3 is 1. The van der Waals surface area contributed by atoms with Crippen molar-refractivity contribution in [2.24, 2.45) is 0 Å². The van der Waals surface area contributed by atoms with Crippen LogP contribution in [0, 0.1) is 17.1 Å². The molecule has 0 radical (unpaired) electrons. The molecule has 0 aliphatic carbocycles. The molecule has 0 bridgehead atoms. The van der Waals surface area contributed by atoms with E-state index in [9.17, 15) is 9.18 Å². The lowest BCUT2D eigenvalue weighted by atomic mass is 9.93. The van der Waals surface area contributed by atoms with Gasteiger partial charge in [-0.2, -0.15) is 5.26 Å². The number of esters is 1. The van der Waals surface area contributed by atoms with Gasteiger partial charge < -0.3 is 18.8 Å². The highest BCUT2D eigenvalue weighted by molar-refractivity contribution is 6.00. The zero-order chi connectivity index (χ0) is 33.0. The van der Waals surface area contributed by atoms with Gasteiger partial charge in [-0.1, -0.05) is 18.2 Å². The van der Waals surface area contributed by atoms with Crippen LogP contribution < -0.4 is 4.74 Å². The summed E-state index contributed by atoms with van der Waals surface area (Å²) < 4.78 is 33.3. The van der Waals surface area contributed by atoms with E-state index in [0.29, 0.717) is 30.1 Å². The highest BCUT2D eigenvalue weighted by Gasteiger charge is 2.27. The summed E-state index contributed by atoms with van der Waals surface area (Å²) in [5, 5.41) is 8.99. The Morgan fingerprint density at radius 1 is 1.06 bits per heavy atom. The lowest BCUT2D eigenvalue weighted by Gasteiger charge is -2.32. The number of rotatable bonds is 10. The van der Waals surface area contributed by atoms with E-state index in [-0.39, 0.29) is 24.2 Å². The minimum absolute atomic E-state index is 0.0303. The van der Waals surface area contributed by atoms with Crippen molar-refractivity contribution in [3.05, 3.63) is 107 Å². The van der Waals surface area contributed by atoms with Crippen LogP contribution in [0.25, 0.3) is 22.3 Å². The van der Waals surface area contributed by atoms with Gasteiger partial charge in [-0.05, 0) is 74.8 Å². The maximum atomic E-state index is 14.3. The van der Waals surface area contributed by atoms with Crippen LogP contribution in [0.4, 0.5) is 4.39 Å². The van der Waals surface area contributed by atoms with Crippen molar-refractivity contribution in [2.75, 3.05) is 26.8 Å². The molecule has 0 unspecified atom stereocenters. The molecule has 2 aliphatic rings. The van der Waals surface area contributed by atoms with Crippen LogP contribution in [-0.2, 0) is 29.2 Å². The number of piperidine rings is 1. The van der Waals surface area contributed by atoms with Crippen LogP contribution >= 0.6 is 0 Å². The maximum absolute atomic E-state index is 14.3. The molecule has 2 fully saturated rings. The predicted octanol–water partition coefficient (Wildman–Crippen LogP) is 6.04. The van der Waals surface area contributed by atoms with Crippen molar-refractivity contribution in [3.63, 3.8) is 0 Å². The lowest BCUT2D eigenvalue weighted by Crippen LogP contribution is -2.35. The van der Waals surface area contributed by atoms with Gasteiger partial charge in [0.15, 0.2) is 0 Å². The molecule has 1 atom stereocenters. The molecule has 11 heteroatoms. The van der Waals surface area contributed by atoms with Gasteiger partial charge >= 0.3 is 5.97 Å². The molecule has 0 amide bonds. The molecule has 5 aromatic rings. The number of pyridine rings is 2. The van der Waals surface area contributed by atoms with E-state index in [2.05, 4.69) is 14.5 Å². The maximum Gasteiger partial charge on any atom is 0.337 e. The predicted molar refractivity (Wildman–Crippen MR) is 176 cm³/mol. The second kappa shape index (κ2) is 13.9. The van der Waals surface area contributed by atoms with Crippen LogP contribution in [0.3, 0.4) is 0 Å². The molecule has 10 nitrogen and oxygen atoms in total. The van der Waals surface area contributed by atoms with Crippen molar-refractivity contribution in [1.29, 1.82) is 5.26 Å². The largest absolute Gasteiger partial charge is 0.473 e. The number of fused-ring (bicyclic) bond motifs is 1. The van der Waals surface area contributed by atoms with Crippen molar-refractivity contribution >= 4 is 17.0 Å². The Balaban J connectivity index is 1.08. The van der Waals surface area contributed by atoms with E-state index in [1.165, 1.54) is 13.2 Å². The van der Waals surface area contributed by atoms with Crippen molar-refractivity contribution in [3.8, 4) is 23.2 Å². The van der Waals surface area contributed by atoms with E-state index in [1.807, 2.05) is 48.5 Å². The zero-order valence-electron chi connectivity index (χ0n) is 26.6. The van der Waals surface area contributed by atoms with Crippen LogP contribution in [0.5, 0.6) is 5.88 Å². The molecular formula is C37H35FN6O4. The van der Waals surface area contributed by atoms with Gasteiger partial charge in [0.25, 0.3) is 0 Å². The molecule has 2 saturated heterocycles. The van der Waals surface area contributed by atoms with Crippen molar-refractivity contribution in [1.82, 2.24) is 24.4 Å². The fraction of sp³-hybridized carbons (Fsp3) is 0.324. The average Bonchev–Trinajstić information content (AvgIpc) is 3.45. The number of carbonyl (C=O) groups excluding carboxylic acids is 1. The fourth-order valence-corrected chi connectivity index (χ4v) is 6.39. The molecule has 7 rings (SSSR count). The van der Waals surface area contributed by atoms with Gasteiger partial charge in [-0.3, -0.25) is 9.88 Å². The number of hydrogen-bond acceptors (Lipinski definition) is 9. The molecule has 5 heterocycles. The van der Waals surface area contributed by atoms with Crippen LogP contribution in [0.15, 0.2) is 72.9 Å². The second-order valence-corrected chi connectivity index (χ2v) is 12.2. The Morgan fingerprint density at radius 3 is 2.62 bits per heavy atom. The summed E-state index contributed by atoms with van der Waals surface area (Å²) in [5.41, 5.74) is 5.25. The Bertz CT molecular complexity index is 1980. The van der Waals surface area contributed by atoms with E-state index in [0.717, 1.165) is 72.8 Å². The summed E-state index contributed by atoms with van der Waals surface area (Å²) in [4.78, 5) is 29.6. The molecule has 244 valence electrons. The average molecular weight is 647 g/mol. The third-order valence-corrected chi connectivity index (χ3v) is 9.15. The van der Waals surface area contributed by atoms with E-state index in [1.54, 1.807) is 24.4 Å². The number of nitriles is 1. The van der Waals surface area contributed by atoms with Crippen LogP contribution in [-0.4, -0.2) is 63.3 Å². The number of nitrogens with zero attached hydrogens (tertiary/aromatic N) is 6. The first-order chi connectivity index (χ1) is 23.5. The molecule has 0 N–H and O–H groups in total. The Labute approximate surface area is 277 Å². The van der Waals surface area contributed by atoms with Gasteiger partial charge in [0.2, 0.25) is 5.88 Å². The summed E-state index contributed by atoms with van der Waals surface area (Å²) in [7, 11) is 1.39. The normalized spacial score (nSPS) is 16.7. The standard InChI is InChI=1S/C37H35FN6O4/c1-46-37(45)27-18-29(32-5-2-3-13-40-32)36-33(19-27)44(21-28-12-16-47-28)34(42-36)22-43-14-10-25(11-15-43)31-6-4-7-35(41-31)48-23-26-9-8-24(20-39)17-30(26)38/h2-9,13,17-19,25,28H,10-12,14-16,21-23H2,1H3/t28-/m0/s1. The number of ether oxygens (including phenoxy) is 3. The van der Waals surface area contributed by atoms with Gasteiger partial charge in [0.05, 0.1) is 60.2 Å². The topological polar surface area (TPSA) is 115 Å². The number of aromatic nitrogens is 4. The monoisotopic (exact) mass is 646 g/mol. The SMILES string of the molecule is COC(=O)c1cc(-c2ccccn2)c2nc(CN3CCC(c4cccc(OCc5ccc(C#N)cc5F)n4)CC3)n(C[C@@H]3CCO3)c2c1. The molecule has 0 spiro atoms. The van der Waals surface area contributed by atoms with E-state index in [4.69, 9.17) is 29.4 Å². The van der Waals surface area contributed by atoms with E-state index < -0.39 is 11.8 Å². The minimum Gasteiger partial charge on any atom is -0.473 e. The smallest absolute Gasteiger partial charge is 0.337 e. The van der Waals surface area contributed by atoms with Gasteiger partial charge in [-0.25, -0.2) is 19.2 Å². The number of likely N-dealkylation sites (tertiary alicyclic amines) is 1. The molecule has 0 saturated carbocycles. The van der Waals surface area contributed by atoms with Gasteiger partial charge in [0.1, 0.15) is 18.2 Å². The minimum atomic E-state index is -0.469. The number of benzene rings is 2. The third-order valence-electron chi connectivity index (χ3n) is 9.15. The quantitative estimate of drug-likeness (QED) is 0.168. The first kappa shape index (κ1) is 31.4. The Hall–Kier alpha value is -5.18. The number of halogens is 1. The van der Waals surface area contributed by atoms with Gasteiger partial charge in [0, 0.05) is 41.6 Å². The molecule has 2 aromatic carbocycles. The first-order valence-electron chi connectivity index (χ1n) is 16.1. The fourth-order valence-electron chi connectivity index (χ4n) is 6.39. The molecule has 48 heavy (non-hydrogen) atoms. The van der Waals surface area contributed by atoms with Crippen molar-refractivity contribution < 1.29 is 23.4 Å². The lowest BCUT2D eigenvalue weighted by molar-refractivity contribution is -0.0592. The molecule has 2 aliphatic heterocycles. The molecular weight excluding hydrogens is 611 g/mol. The Morgan fingerprint density at radius 2 is 1.92 bits per heavy atom. The summed E-state index contributed by atoms with van der Waals surface area (Å²) in [6.07, 6.45) is 4.65. The molecule has 3 aromatic heterocycles. The zero-order valence-corrected chi connectivity index (χ0v) is 26.6. The summed E-state index contributed by atoms with van der Waals surface area (Å²) in [5.74, 6) is 0.748. The second-order valence-electron chi connectivity index (χ2n) is 12.2. The Kier molecular flexibility index (Phi) is 9.09. The van der Waals surface area contributed by atoms with Gasteiger partial charge in [-0.15, -0.1) is 0 Å². The summed E-state index contributed by atoms with van der Waals surface area (Å²) in [6, 6.07) is 21.4. The van der Waals surface area contributed by atoms with Crippen LogP contribution in [0.2, 0.25) is 0 Å². The summed E-state index contributed by atoms with van der Waals surface area (Å²) >= 11 is 0. The number of hydrogen-bond donors (Lipinski definition) is 0. The first-order valence-corrected chi connectivity index (χ1v) is 16.1. The highest BCUT2D eigenvalue weighted by Crippen LogP contribution is 2.33. The summed E-state index contributed by atoms with van der Waals surface area (Å²) in [6.45, 7) is 3.80. The van der Waals surface area contributed by atoms with Crippen molar-refractivity contribution in [2.45, 2.75) is 51.0 Å². The van der Waals surface area contributed by atoms with E-state index >= 15 is 0 Å². The third kappa shape index (κ3) is 6.63. The highest BCUT2D eigenvalue weighted by atomic mass is 19.1. The van der Waals surface area contributed by atoms with Crippen LogP contribution in [0.1, 0.15) is 58.2 Å². The number of carbonyl (C=O) groups is 1. The number of imidazole rings is 1.